The molecule has 114 valence electrons. The van der Waals surface area contributed by atoms with Gasteiger partial charge in [0.1, 0.15) is 5.75 Å². The molecule has 3 aromatic carbocycles. The molecule has 0 aromatic heterocycles. The van der Waals surface area contributed by atoms with Gasteiger partial charge in [0.15, 0.2) is 0 Å². The first-order valence-corrected chi connectivity index (χ1v) is 7.36. The maximum atomic E-state index is 11.8. The molecule has 23 heavy (non-hydrogen) atoms. The zero-order valence-electron chi connectivity index (χ0n) is 12.0. The molecular formula is C19H13ClO3. The molecule has 4 heteroatoms. The van der Waals surface area contributed by atoms with Crippen LogP contribution in [0.2, 0.25) is 5.02 Å². The van der Waals surface area contributed by atoms with Crippen molar-refractivity contribution in [3.63, 3.8) is 0 Å². The number of carbonyl (C=O) groups is 1. The molecular weight excluding hydrogens is 312 g/mol. The van der Waals surface area contributed by atoms with E-state index in [0.29, 0.717) is 16.1 Å². The van der Waals surface area contributed by atoms with E-state index in [1.807, 2.05) is 36.4 Å². The van der Waals surface area contributed by atoms with Gasteiger partial charge in [-0.05, 0) is 40.6 Å². The van der Waals surface area contributed by atoms with Crippen molar-refractivity contribution >= 4 is 40.0 Å². The number of phenolic OH excluding ortho intramolecular Hbond substituents is 1. The third kappa shape index (κ3) is 3.05. The van der Waals surface area contributed by atoms with Crippen molar-refractivity contribution in [1.82, 2.24) is 0 Å². The number of hydrogen-bond acceptors (Lipinski definition) is 2. The summed E-state index contributed by atoms with van der Waals surface area (Å²) >= 11 is 5.93. The molecule has 0 saturated carbocycles. The molecule has 0 amide bonds. The lowest BCUT2D eigenvalue weighted by molar-refractivity contribution is -0.130. The number of halogens is 1. The Morgan fingerprint density at radius 3 is 2.52 bits per heavy atom. The predicted octanol–water partition coefficient (Wildman–Crippen LogP) is 4.82. The minimum atomic E-state index is -1.07. The fraction of sp³-hybridized carbons (Fsp3) is 0. The fourth-order valence-electron chi connectivity index (χ4n) is 2.51. The minimum Gasteiger partial charge on any atom is -0.507 e. The summed E-state index contributed by atoms with van der Waals surface area (Å²) in [5, 5.41) is 21.8. The third-order valence-electron chi connectivity index (χ3n) is 3.60. The quantitative estimate of drug-likeness (QED) is 0.536. The monoisotopic (exact) mass is 324 g/mol. The first-order chi connectivity index (χ1) is 11.1. The van der Waals surface area contributed by atoms with Crippen LogP contribution in [0.4, 0.5) is 0 Å². The van der Waals surface area contributed by atoms with E-state index in [2.05, 4.69) is 0 Å². The van der Waals surface area contributed by atoms with E-state index >= 15 is 0 Å². The number of carboxylic acids is 1. The van der Waals surface area contributed by atoms with Crippen LogP contribution < -0.4 is 0 Å². The van der Waals surface area contributed by atoms with Gasteiger partial charge in [-0.25, -0.2) is 4.79 Å². The summed E-state index contributed by atoms with van der Waals surface area (Å²) in [6.45, 7) is 0. The lowest BCUT2D eigenvalue weighted by atomic mass is 9.96. The van der Waals surface area contributed by atoms with Crippen LogP contribution in [0, 0.1) is 0 Å². The molecule has 0 heterocycles. The highest BCUT2D eigenvalue weighted by Gasteiger charge is 2.14. The number of aromatic hydroxyl groups is 1. The van der Waals surface area contributed by atoms with Gasteiger partial charge in [0.25, 0.3) is 0 Å². The Labute approximate surface area is 138 Å². The topological polar surface area (TPSA) is 57.5 Å². The number of rotatable bonds is 3. The molecule has 0 aliphatic heterocycles. The SMILES string of the molecule is O=C(O)/C(=C\c1cc(Cl)ccc1O)c1cccc2ccccc12. The molecule has 0 aliphatic carbocycles. The van der Waals surface area contributed by atoms with Gasteiger partial charge in [0, 0.05) is 10.6 Å². The van der Waals surface area contributed by atoms with Crippen molar-refractivity contribution in [2.24, 2.45) is 0 Å². The first-order valence-electron chi connectivity index (χ1n) is 6.98. The molecule has 0 unspecified atom stereocenters. The van der Waals surface area contributed by atoms with Crippen molar-refractivity contribution in [3.8, 4) is 5.75 Å². The maximum absolute atomic E-state index is 11.8. The second-order valence-corrected chi connectivity index (χ2v) is 5.53. The Bertz CT molecular complexity index is 924. The zero-order valence-corrected chi connectivity index (χ0v) is 12.8. The van der Waals surface area contributed by atoms with Crippen molar-refractivity contribution in [2.75, 3.05) is 0 Å². The van der Waals surface area contributed by atoms with Gasteiger partial charge in [-0.15, -0.1) is 0 Å². The summed E-state index contributed by atoms with van der Waals surface area (Å²) < 4.78 is 0. The molecule has 0 bridgehead atoms. The van der Waals surface area contributed by atoms with E-state index in [9.17, 15) is 15.0 Å². The smallest absolute Gasteiger partial charge is 0.336 e. The summed E-state index contributed by atoms with van der Waals surface area (Å²) in [6, 6.07) is 17.6. The summed E-state index contributed by atoms with van der Waals surface area (Å²) in [7, 11) is 0. The Morgan fingerprint density at radius 1 is 1.00 bits per heavy atom. The number of benzene rings is 3. The third-order valence-corrected chi connectivity index (χ3v) is 3.83. The molecule has 0 radical (unpaired) electrons. The van der Waals surface area contributed by atoms with Crippen LogP contribution in [-0.4, -0.2) is 16.2 Å². The van der Waals surface area contributed by atoms with Gasteiger partial charge >= 0.3 is 5.97 Å². The minimum absolute atomic E-state index is 0.0200. The first kappa shape index (κ1) is 15.1. The van der Waals surface area contributed by atoms with E-state index in [-0.39, 0.29) is 11.3 Å². The Balaban J connectivity index is 2.25. The summed E-state index contributed by atoms with van der Waals surface area (Å²) in [4.78, 5) is 11.8. The molecule has 2 N–H and O–H groups in total. The van der Waals surface area contributed by atoms with Crippen LogP contribution in [0.1, 0.15) is 11.1 Å². The van der Waals surface area contributed by atoms with Gasteiger partial charge < -0.3 is 10.2 Å². The van der Waals surface area contributed by atoms with Crippen molar-refractivity contribution < 1.29 is 15.0 Å². The Kier molecular flexibility index (Phi) is 4.04. The molecule has 3 rings (SSSR count). The van der Waals surface area contributed by atoms with Gasteiger partial charge in [-0.3, -0.25) is 0 Å². The number of aliphatic carboxylic acids is 1. The number of hydrogen-bond donors (Lipinski definition) is 2. The van der Waals surface area contributed by atoms with Crippen LogP contribution in [0.5, 0.6) is 5.75 Å². The summed E-state index contributed by atoms with van der Waals surface area (Å²) in [6.07, 6.45) is 1.44. The highest BCUT2D eigenvalue weighted by Crippen LogP contribution is 2.30. The fourth-order valence-corrected chi connectivity index (χ4v) is 2.69. The summed E-state index contributed by atoms with van der Waals surface area (Å²) in [5.74, 6) is -1.09. The summed E-state index contributed by atoms with van der Waals surface area (Å²) in [5.41, 5.74) is 1.05. The zero-order chi connectivity index (χ0) is 16.4. The number of phenols is 1. The molecule has 3 aromatic rings. The maximum Gasteiger partial charge on any atom is 0.336 e. The van der Waals surface area contributed by atoms with Gasteiger partial charge in [-0.2, -0.15) is 0 Å². The lowest BCUT2D eigenvalue weighted by Crippen LogP contribution is -2.00. The van der Waals surface area contributed by atoms with Crippen molar-refractivity contribution in [3.05, 3.63) is 76.8 Å². The highest BCUT2D eigenvalue weighted by atomic mass is 35.5. The van der Waals surface area contributed by atoms with Crippen molar-refractivity contribution in [2.45, 2.75) is 0 Å². The molecule has 0 aliphatic rings. The van der Waals surface area contributed by atoms with Crippen LogP contribution >= 0.6 is 11.6 Å². The van der Waals surface area contributed by atoms with Crippen molar-refractivity contribution in [1.29, 1.82) is 0 Å². The predicted molar refractivity (Wildman–Crippen MR) is 92.6 cm³/mol. The number of fused-ring (bicyclic) bond motifs is 1. The standard InChI is InChI=1S/C19H13ClO3/c20-14-8-9-18(21)13(10-14)11-17(19(22)23)16-7-3-5-12-4-1-2-6-15(12)16/h1-11,21H,(H,22,23)/b17-11-. The molecule has 3 nitrogen and oxygen atoms in total. The molecule has 0 spiro atoms. The van der Waals surface area contributed by atoms with E-state index in [0.717, 1.165) is 10.8 Å². The van der Waals surface area contributed by atoms with Crippen LogP contribution in [0.3, 0.4) is 0 Å². The average molecular weight is 325 g/mol. The second-order valence-electron chi connectivity index (χ2n) is 5.09. The molecule has 0 fully saturated rings. The Hall–Kier alpha value is -2.78. The Morgan fingerprint density at radius 2 is 1.74 bits per heavy atom. The van der Waals surface area contributed by atoms with Gasteiger partial charge in [-0.1, -0.05) is 54.1 Å². The molecule has 0 saturated heterocycles. The molecule has 0 atom stereocenters. The van der Waals surface area contributed by atoms with Gasteiger partial charge in [0.05, 0.1) is 5.57 Å². The normalized spacial score (nSPS) is 11.6. The van der Waals surface area contributed by atoms with Crippen LogP contribution in [-0.2, 0) is 4.79 Å². The van der Waals surface area contributed by atoms with Crippen LogP contribution in [0.25, 0.3) is 22.4 Å². The van der Waals surface area contributed by atoms with E-state index in [1.54, 1.807) is 12.1 Å². The van der Waals surface area contributed by atoms with E-state index < -0.39 is 5.97 Å². The highest BCUT2D eigenvalue weighted by molar-refractivity contribution is 6.31. The largest absolute Gasteiger partial charge is 0.507 e. The van der Waals surface area contributed by atoms with E-state index in [4.69, 9.17) is 11.6 Å². The number of carboxylic acid groups (broad SMARTS) is 1. The second kappa shape index (κ2) is 6.15. The van der Waals surface area contributed by atoms with E-state index in [1.165, 1.54) is 18.2 Å². The average Bonchev–Trinajstić information content (AvgIpc) is 2.55. The van der Waals surface area contributed by atoms with Gasteiger partial charge in [0.2, 0.25) is 0 Å². The van der Waals surface area contributed by atoms with Crippen LogP contribution in [0.15, 0.2) is 60.7 Å². The lowest BCUT2D eigenvalue weighted by Gasteiger charge is -2.08.